The van der Waals surface area contributed by atoms with E-state index in [1.807, 2.05) is 7.05 Å². The highest BCUT2D eigenvalue weighted by Crippen LogP contribution is 2.24. The maximum Gasteiger partial charge on any atom is 0.150 e. The molecule has 7 heteroatoms. The van der Waals surface area contributed by atoms with Gasteiger partial charge in [0, 0.05) is 39.1 Å². The fraction of sp³-hybridized carbons (Fsp3) is 0.412. The van der Waals surface area contributed by atoms with Crippen molar-refractivity contribution in [1.29, 1.82) is 0 Å². The Bertz CT molecular complexity index is 653. The number of nitrogens with one attached hydrogen (secondary N) is 1. The normalized spacial score (nSPS) is 18.3. The van der Waals surface area contributed by atoms with Crippen molar-refractivity contribution in [1.82, 2.24) is 14.9 Å². The second-order valence-electron chi connectivity index (χ2n) is 5.50. The molecule has 0 unspecified atom stereocenters. The molecule has 1 N–H and O–H groups in total. The standard InChI is InChI=1S/C17H21FN4O2/c1-19-17-16(20-6-7-21-17)15-12-22(9-11-24-15)8-10-23-14-4-2-13(18)3-5-14/h2-7,15H,8-12H2,1H3,(H,19,21)/t15-/m1/s1. The van der Waals surface area contributed by atoms with Gasteiger partial charge in [-0.1, -0.05) is 0 Å². The number of ether oxygens (including phenoxy) is 2. The molecule has 0 radical (unpaired) electrons. The Balaban J connectivity index is 1.53. The summed E-state index contributed by atoms with van der Waals surface area (Å²) in [6.07, 6.45) is 3.23. The zero-order valence-electron chi connectivity index (χ0n) is 13.6. The van der Waals surface area contributed by atoms with Crippen LogP contribution in [0.25, 0.3) is 0 Å². The number of aromatic nitrogens is 2. The van der Waals surface area contributed by atoms with E-state index < -0.39 is 0 Å². The van der Waals surface area contributed by atoms with E-state index in [0.29, 0.717) is 19.0 Å². The first-order chi connectivity index (χ1) is 11.8. The summed E-state index contributed by atoms with van der Waals surface area (Å²) >= 11 is 0. The molecule has 24 heavy (non-hydrogen) atoms. The van der Waals surface area contributed by atoms with Gasteiger partial charge in [-0.2, -0.15) is 0 Å². The lowest BCUT2D eigenvalue weighted by atomic mass is 10.2. The molecule has 1 aromatic heterocycles. The van der Waals surface area contributed by atoms with Gasteiger partial charge in [0.2, 0.25) is 0 Å². The van der Waals surface area contributed by atoms with Crippen LogP contribution in [-0.2, 0) is 4.74 Å². The van der Waals surface area contributed by atoms with E-state index >= 15 is 0 Å². The summed E-state index contributed by atoms with van der Waals surface area (Å²) in [5, 5.41) is 3.05. The third kappa shape index (κ3) is 4.18. The van der Waals surface area contributed by atoms with Crippen LogP contribution in [0.1, 0.15) is 11.8 Å². The smallest absolute Gasteiger partial charge is 0.150 e. The molecule has 3 rings (SSSR count). The Hall–Kier alpha value is -2.25. The summed E-state index contributed by atoms with van der Waals surface area (Å²) in [4.78, 5) is 10.9. The van der Waals surface area contributed by atoms with E-state index in [0.717, 1.165) is 31.1 Å². The van der Waals surface area contributed by atoms with Gasteiger partial charge in [-0.3, -0.25) is 9.88 Å². The minimum Gasteiger partial charge on any atom is -0.492 e. The van der Waals surface area contributed by atoms with Gasteiger partial charge >= 0.3 is 0 Å². The second kappa shape index (κ2) is 8.03. The third-order valence-corrected chi connectivity index (χ3v) is 3.91. The summed E-state index contributed by atoms with van der Waals surface area (Å²) in [5.41, 5.74) is 0.823. The predicted octanol–water partition coefficient (Wildman–Crippen LogP) is 2.11. The molecule has 2 aromatic rings. The molecule has 1 fully saturated rings. The van der Waals surface area contributed by atoms with Crippen LogP contribution in [0.3, 0.4) is 0 Å². The molecule has 1 saturated heterocycles. The molecule has 0 aliphatic carbocycles. The highest BCUT2D eigenvalue weighted by molar-refractivity contribution is 5.40. The van der Waals surface area contributed by atoms with E-state index in [1.165, 1.54) is 12.1 Å². The molecule has 1 aromatic carbocycles. The van der Waals surface area contributed by atoms with Gasteiger partial charge in [0.25, 0.3) is 0 Å². The number of benzene rings is 1. The van der Waals surface area contributed by atoms with Crippen molar-refractivity contribution in [3.05, 3.63) is 48.2 Å². The number of hydrogen-bond acceptors (Lipinski definition) is 6. The van der Waals surface area contributed by atoms with E-state index in [9.17, 15) is 4.39 Å². The minimum absolute atomic E-state index is 0.110. The SMILES string of the molecule is CNc1nccnc1[C@H]1CN(CCOc2ccc(F)cc2)CCO1. The monoisotopic (exact) mass is 332 g/mol. The number of anilines is 1. The molecular formula is C17H21FN4O2. The zero-order chi connectivity index (χ0) is 16.8. The van der Waals surface area contributed by atoms with Crippen LogP contribution in [-0.4, -0.2) is 54.8 Å². The molecule has 1 aliphatic rings. The largest absolute Gasteiger partial charge is 0.492 e. The van der Waals surface area contributed by atoms with Gasteiger partial charge in [-0.15, -0.1) is 0 Å². The average Bonchev–Trinajstić information content (AvgIpc) is 2.63. The second-order valence-corrected chi connectivity index (χ2v) is 5.50. The van der Waals surface area contributed by atoms with Crippen LogP contribution >= 0.6 is 0 Å². The maximum atomic E-state index is 12.9. The first kappa shape index (κ1) is 16.6. The van der Waals surface area contributed by atoms with E-state index in [2.05, 4.69) is 20.2 Å². The van der Waals surface area contributed by atoms with Crippen molar-refractivity contribution in [3.63, 3.8) is 0 Å². The Labute approximate surface area is 140 Å². The van der Waals surface area contributed by atoms with Crippen LogP contribution in [0.15, 0.2) is 36.7 Å². The van der Waals surface area contributed by atoms with Gasteiger partial charge in [0.05, 0.1) is 6.61 Å². The third-order valence-electron chi connectivity index (χ3n) is 3.91. The molecule has 0 amide bonds. The van der Waals surface area contributed by atoms with Crippen molar-refractivity contribution in [2.75, 3.05) is 45.2 Å². The van der Waals surface area contributed by atoms with Crippen LogP contribution in [0.2, 0.25) is 0 Å². The minimum atomic E-state index is -0.261. The molecule has 1 aliphatic heterocycles. The van der Waals surface area contributed by atoms with Crippen molar-refractivity contribution in [2.24, 2.45) is 0 Å². The van der Waals surface area contributed by atoms with Crippen molar-refractivity contribution >= 4 is 5.82 Å². The Morgan fingerprint density at radius 1 is 1.29 bits per heavy atom. The van der Waals surface area contributed by atoms with E-state index in [4.69, 9.17) is 9.47 Å². The summed E-state index contributed by atoms with van der Waals surface area (Å²) in [7, 11) is 1.82. The number of hydrogen-bond donors (Lipinski definition) is 1. The highest BCUT2D eigenvalue weighted by Gasteiger charge is 2.25. The topological polar surface area (TPSA) is 59.5 Å². The Kier molecular flexibility index (Phi) is 5.55. The average molecular weight is 332 g/mol. The molecule has 2 heterocycles. The van der Waals surface area contributed by atoms with Gasteiger partial charge in [0.15, 0.2) is 0 Å². The first-order valence-corrected chi connectivity index (χ1v) is 7.97. The molecule has 0 saturated carbocycles. The zero-order valence-corrected chi connectivity index (χ0v) is 13.6. The summed E-state index contributed by atoms with van der Waals surface area (Å²) < 4.78 is 24.4. The lowest BCUT2D eigenvalue weighted by molar-refractivity contribution is -0.0347. The summed E-state index contributed by atoms with van der Waals surface area (Å²) in [6, 6.07) is 6.06. The Morgan fingerprint density at radius 2 is 2.08 bits per heavy atom. The summed E-state index contributed by atoms with van der Waals surface area (Å²) in [6.45, 7) is 3.53. The quantitative estimate of drug-likeness (QED) is 0.874. The number of morpholine rings is 1. The lowest BCUT2D eigenvalue weighted by Gasteiger charge is -2.32. The van der Waals surface area contributed by atoms with Gasteiger partial charge < -0.3 is 14.8 Å². The molecule has 6 nitrogen and oxygen atoms in total. The molecule has 128 valence electrons. The van der Waals surface area contributed by atoms with E-state index in [1.54, 1.807) is 24.5 Å². The molecular weight excluding hydrogens is 311 g/mol. The van der Waals surface area contributed by atoms with Crippen LogP contribution in [0.4, 0.5) is 10.2 Å². The Morgan fingerprint density at radius 3 is 2.88 bits per heavy atom. The van der Waals surface area contributed by atoms with Crippen molar-refractivity contribution in [3.8, 4) is 5.75 Å². The highest BCUT2D eigenvalue weighted by atomic mass is 19.1. The van der Waals surface area contributed by atoms with Crippen molar-refractivity contribution < 1.29 is 13.9 Å². The molecule has 0 spiro atoms. The van der Waals surface area contributed by atoms with Crippen molar-refractivity contribution in [2.45, 2.75) is 6.10 Å². The number of nitrogens with zero attached hydrogens (tertiary/aromatic N) is 3. The van der Waals surface area contributed by atoms with Gasteiger partial charge in [-0.25, -0.2) is 9.37 Å². The maximum absolute atomic E-state index is 12.9. The fourth-order valence-electron chi connectivity index (χ4n) is 2.67. The molecule has 1 atom stereocenters. The number of rotatable bonds is 6. The van der Waals surface area contributed by atoms with Gasteiger partial charge in [-0.05, 0) is 24.3 Å². The molecule has 0 bridgehead atoms. The van der Waals surface area contributed by atoms with Crippen LogP contribution in [0.5, 0.6) is 5.75 Å². The van der Waals surface area contributed by atoms with E-state index in [-0.39, 0.29) is 11.9 Å². The number of halogens is 1. The van der Waals surface area contributed by atoms with Crippen LogP contribution in [0, 0.1) is 5.82 Å². The fourth-order valence-corrected chi connectivity index (χ4v) is 2.67. The first-order valence-electron chi connectivity index (χ1n) is 7.97. The summed E-state index contributed by atoms with van der Waals surface area (Å²) in [5.74, 6) is 1.15. The van der Waals surface area contributed by atoms with Gasteiger partial charge in [0.1, 0.15) is 35.8 Å². The van der Waals surface area contributed by atoms with Crippen LogP contribution < -0.4 is 10.1 Å². The lowest BCUT2D eigenvalue weighted by Crippen LogP contribution is -2.40. The predicted molar refractivity (Wildman–Crippen MR) is 88.6 cm³/mol.